The molecule has 0 aromatic carbocycles. The highest BCUT2D eigenvalue weighted by atomic mass is 16.5. The van der Waals surface area contributed by atoms with Crippen LogP contribution >= 0.6 is 0 Å². The molecule has 1 aliphatic carbocycles. The summed E-state index contributed by atoms with van der Waals surface area (Å²) in [6.45, 7) is 10.8. The summed E-state index contributed by atoms with van der Waals surface area (Å²) < 4.78 is 7.54. The first kappa shape index (κ1) is 20.7. The van der Waals surface area contributed by atoms with Crippen LogP contribution in [-0.2, 0) is 17.8 Å². The Morgan fingerprint density at radius 1 is 1.35 bits per heavy atom. The molecule has 1 saturated carbocycles. The molecule has 0 unspecified atom stereocenters. The standard InChI is InChI=1S/C20H37N5O/c1-5-21-19(23-14-18-22-11-12-25(18)15-17(2)3)24-16-20(10-13-26-4)8-6-7-9-20/h11-12,17H,5-10,13-16H2,1-4H3,(H2,21,23,24). The van der Waals surface area contributed by atoms with Gasteiger partial charge in [-0.05, 0) is 37.5 Å². The molecule has 0 bridgehead atoms. The summed E-state index contributed by atoms with van der Waals surface area (Å²) in [5.74, 6) is 2.50. The maximum atomic E-state index is 5.34. The van der Waals surface area contributed by atoms with E-state index in [9.17, 15) is 0 Å². The number of hydrogen-bond donors (Lipinski definition) is 2. The fraction of sp³-hybridized carbons (Fsp3) is 0.800. The van der Waals surface area contributed by atoms with Gasteiger partial charge in [-0.1, -0.05) is 26.7 Å². The van der Waals surface area contributed by atoms with Crippen LogP contribution in [0.3, 0.4) is 0 Å². The summed E-state index contributed by atoms with van der Waals surface area (Å²) in [6, 6.07) is 0. The topological polar surface area (TPSA) is 63.5 Å². The van der Waals surface area contributed by atoms with Crippen molar-refractivity contribution < 1.29 is 4.74 Å². The average Bonchev–Trinajstić information content (AvgIpc) is 3.25. The van der Waals surface area contributed by atoms with E-state index in [1.165, 1.54) is 25.7 Å². The number of imidazole rings is 1. The molecule has 0 atom stereocenters. The molecule has 1 aromatic rings. The van der Waals surface area contributed by atoms with Gasteiger partial charge in [0.1, 0.15) is 12.4 Å². The molecule has 0 radical (unpaired) electrons. The Morgan fingerprint density at radius 3 is 2.77 bits per heavy atom. The zero-order chi connectivity index (χ0) is 18.8. The Bertz CT molecular complexity index is 546. The first-order valence-corrected chi connectivity index (χ1v) is 10.1. The number of methoxy groups -OCH3 is 1. The highest BCUT2D eigenvalue weighted by Gasteiger charge is 2.33. The molecule has 6 heteroatoms. The lowest BCUT2D eigenvalue weighted by Crippen LogP contribution is -2.43. The second-order valence-corrected chi connectivity index (χ2v) is 7.89. The largest absolute Gasteiger partial charge is 0.385 e. The van der Waals surface area contributed by atoms with Crippen LogP contribution in [0.1, 0.15) is 58.7 Å². The van der Waals surface area contributed by atoms with Gasteiger partial charge in [0.2, 0.25) is 0 Å². The number of nitrogens with zero attached hydrogens (tertiary/aromatic N) is 3. The predicted molar refractivity (Wildman–Crippen MR) is 107 cm³/mol. The molecule has 26 heavy (non-hydrogen) atoms. The minimum Gasteiger partial charge on any atom is -0.385 e. The lowest BCUT2D eigenvalue weighted by Gasteiger charge is -2.30. The molecule has 6 nitrogen and oxygen atoms in total. The Morgan fingerprint density at radius 2 is 2.12 bits per heavy atom. The maximum Gasteiger partial charge on any atom is 0.191 e. The molecule has 0 aliphatic heterocycles. The maximum absolute atomic E-state index is 5.34. The molecular formula is C20H37N5O. The summed E-state index contributed by atoms with van der Waals surface area (Å²) in [5, 5.41) is 6.95. The molecule has 2 N–H and O–H groups in total. The van der Waals surface area contributed by atoms with Gasteiger partial charge in [0.15, 0.2) is 5.96 Å². The van der Waals surface area contributed by atoms with Gasteiger partial charge in [-0.25, -0.2) is 9.98 Å². The van der Waals surface area contributed by atoms with Crippen molar-refractivity contribution in [1.29, 1.82) is 0 Å². The van der Waals surface area contributed by atoms with Crippen LogP contribution in [0, 0.1) is 11.3 Å². The molecule has 0 saturated heterocycles. The number of nitrogens with one attached hydrogen (secondary N) is 2. The number of rotatable bonds is 10. The molecule has 148 valence electrons. The van der Waals surface area contributed by atoms with Crippen molar-refractivity contribution in [2.45, 2.75) is 66.0 Å². The third-order valence-corrected chi connectivity index (χ3v) is 5.22. The van der Waals surface area contributed by atoms with Gasteiger partial charge in [0.25, 0.3) is 0 Å². The third-order valence-electron chi connectivity index (χ3n) is 5.22. The summed E-state index contributed by atoms with van der Waals surface area (Å²) in [7, 11) is 1.79. The summed E-state index contributed by atoms with van der Waals surface area (Å²) in [5.41, 5.74) is 0.350. The van der Waals surface area contributed by atoms with Crippen LogP contribution < -0.4 is 10.6 Å². The monoisotopic (exact) mass is 363 g/mol. The van der Waals surface area contributed by atoms with Crippen LogP contribution in [0.4, 0.5) is 0 Å². The SMILES string of the molecule is CCNC(=NCc1nccn1CC(C)C)NCC1(CCOC)CCCC1. The van der Waals surface area contributed by atoms with Gasteiger partial charge < -0.3 is 19.9 Å². The quantitative estimate of drug-likeness (QED) is 0.495. The molecule has 0 spiro atoms. The second kappa shape index (κ2) is 10.6. The van der Waals surface area contributed by atoms with E-state index in [4.69, 9.17) is 9.73 Å². The average molecular weight is 364 g/mol. The van der Waals surface area contributed by atoms with Gasteiger partial charge in [-0.3, -0.25) is 0 Å². The molecule has 1 heterocycles. The van der Waals surface area contributed by atoms with Crippen molar-refractivity contribution >= 4 is 5.96 Å². The zero-order valence-corrected chi connectivity index (χ0v) is 17.1. The van der Waals surface area contributed by atoms with Gasteiger partial charge in [-0.2, -0.15) is 0 Å². The number of aliphatic imine (C=N–C) groups is 1. The second-order valence-electron chi connectivity index (χ2n) is 7.89. The molecule has 1 aliphatic rings. The van der Waals surface area contributed by atoms with Crippen molar-refractivity contribution in [3.05, 3.63) is 18.2 Å². The van der Waals surface area contributed by atoms with E-state index in [1.807, 2.05) is 12.4 Å². The van der Waals surface area contributed by atoms with Crippen LogP contribution in [-0.4, -0.2) is 42.3 Å². The molecule has 0 amide bonds. The Balaban J connectivity index is 1.97. The minimum atomic E-state index is 0.350. The summed E-state index contributed by atoms with van der Waals surface area (Å²) >= 11 is 0. The lowest BCUT2D eigenvalue weighted by molar-refractivity contribution is 0.138. The minimum absolute atomic E-state index is 0.350. The van der Waals surface area contributed by atoms with Gasteiger partial charge in [-0.15, -0.1) is 0 Å². The van der Waals surface area contributed by atoms with Crippen molar-refractivity contribution in [2.75, 3.05) is 26.8 Å². The first-order chi connectivity index (χ1) is 12.6. The van der Waals surface area contributed by atoms with Crippen molar-refractivity contribution in [3.8, 4) is 0 Å². The van der Waals surface area contributed by atoms with E-state index in [0.717, 1.165) is 44.4 Å². The Kier molecular flexibility index (Phi) is 8.42. The fourth-order valence-electron chi connectivity index (χ4n) is 3.77. The van der Waals surface area contributed by atoms with Crippen LogP contribution in [0.25, 0.3) is 0 Å². The number of aromatic nitrogens is 2. The third kappa shape index (κ3) is 6.31. The number of guanidine groups is 1. The van der Waals surface area contributed by atoms with Crippen molar-refractivity contribution in [2.24, 2.45) is 16.3 Å². The smallest absolute Gasteiger partial charge is 0.191 e. The van der Waals surface area contributed by atoms with E-state index >= 15 is 0 Å². The van der Waals surface area contributed by atoms with E-state index in [1.54, 1.807) is 7.11 Å². The van der Waals surface area contributed by atoms with Crippen molar-refractivity contribution in [1.82, 2.24) is 20.2 Å². The van der Waals surface area contributed by atoms with E-state index < -0.39 is 0 Å². The molecule has 1 aromatic heterocycles. The van der Waals surface area contributed by atoms with Crippen LogP contribution in [0.5, 0.6) is 0 Å². The normalized spacial score (nSPS) is 17.0. The fourth-order valence-corrected chi connectivity index (χ4v) is 3.77. The van der Waals surface area contributed by atoms with Gasteiger partial charge in [0, 0.05) is 45.7 Å². The number of ether oxygens (including phenoxy) is 1. The highest BCUT2D eigenvalue weighted by Crippen LogP contribution is 2.40. The number of hydrogen-bond acceptors (Lipinski definition) is 3. The highest BCUT2D eigenvalue weighted by molar-refractivity contribution is 5.79. The van der Waals surface area contributed by atoms with Gasteiger partial charge in [0.05, 0.1) is 0 Å². The van der Waals surface area contributed by atoms with E-state index in [0.29, 0.717) is 17.9 Å². The van der Waals surface area contributed by atoms with Crippen LogP contribution in [0.15, 0.2) is 17.4 Å². The summed E-state index contributed by atoms with van der Waals surface area (Å²) in [4.78, 5) is 9.25. The van der Waals surface area contributed by atoms with E-state index in [-0.39, 0.29) is 0 Å². The van der Waals surface area contributed by atoms with E-state index in [2.05, 4.69) is 41.0 Å². The predicted octanol–water partition coefficient (Wildman–Crippen LogP) is 3.19. The lowest BCUT2D eigenvalue weighted by atomic mass is 9.83. The molecular weight excluding hydrogens is 326 g/mol. The Labute approximate surface area is 158 Å². The van der Waals surface area contributed by atoms with Crippen molar-refractivity contribution in [3.63, 3.8) is 0 Å². The Hall–Kier alpha value is -1.56. The van der Waals surface area contributed by atoms with Crippen LogP contribution in [0.2, 0.25) is 0 Å². The molecule has 1 fully saturated rings. The first-order valence-electron chi connectivity index (χ1n) is 10.1. The molecule has 2 rings (SSSR count). The van der Waals surface area contributed by atoms with Gasteiger partial charge >= 0.3 is 0 Å². The summed E-state index contributed by atoms with van der Waals surface area (Å²) in [6.07, 6.45) is 10.2. The zero-order valence-electron chi connectivity index (χ0n) is 17.1.